The van der Waals surface area contributed by atoms with Gasteiger partial charge in [0.2, 0.25) is 0 Å². The Bertz CT molecular complexity index is 328. The summed E-state index contributed by atoms with van der Waals surface area (Å²) in [6.45, 7) is 6.93. The summed E-state index contributed by atoms with van der Waals surface area (Å²) in [5.74, 6) is 0. The fourth-order valence-electron chi connectivity index (χ4n) is 2.97. The summed E-state index contributed by atoms with van der Waals surface area (Å²) >= 11 is 0. The second-order valence-electron chi connectivity index (χ2n) is 5.59. The van der Waals surface area contributed by atoms with Crippen molar-refractivity contribution in [3.8, 4) is 0 Å². The molecule has 0 aliphatic carbocycles. The molecule has 106 valence electrons. The van der Waals surface area contributed by atoms with Crippen LogP contribution in [0.3, 0.4) is 0 Å². The lowest BCUT2D eigenvalue weighted by Gasteiger charge is -2.29. The number of hydrogen-bond donors (Lipinski definition) is 1. The molecule has 1 aromatic carbocycles. The summed E-state index contributed by atoms with van der Waals surface area (Å²) in [5.41, 5.74) is 1.42. The van der Waals surface area contributed by atoms with Crippen LogP contribution in [0.5, 0.6) is 0 Å². The van der Waals surface area contributed by atoms with Gasteiger partial charge >= 0.3 is 0 Å². The highest BCUT2D eigenvalue weighted by Gasteiger charge is 2.15. The Labute approximate surface area is 118 Å². The zero-order valence-corrected chi connectivity index (χ0v) is 12.3. The molecule has 2 heteroatoms. The zero-order valence-electron chi connectivity index (χ0n) is 12.3. The SMILES string of the molecule is CCNC(CN1CCCCCCC1)c1ccccc1. The third kappa shape index (κ3) is 4.96. The number of nitrogens with one attached hydrogen (secondary N) is 1. The molecular formula is C17H28N2. The summed E-state index contributed by atoms with van der Waals surface area (Å²) in [5, 5.41) is 3.64. The number of hydrogen-bond acceptors (Lipinski definition) is 2. The van der Waals surface area contributed by atoms with E-state index in [1.54, 1.807) is 0 Å². The minimum atomic E-state index is 0.477. The van der Waals surface area contributed by atoms with Crippen molar-refractivity contribution in [1.82, 2.24) is 10.2 Å². The Balaban J connectivity index is 1.95. The average Bonchev–Trinajstić information content (AvgIpc) is 2.42. The van der Waals surface area contributed by atoms with Gasteiger partial charge in [-0.15, -0.1) is 0 Å². The van der Waals surface area contributed by atoms with E-state index in [9.17, 15) is 0 Å². The fraction of sp³-hybridized carbons (Fsp3) is 0.647. The van der Waals surface area contributed by atoms with Crippen LogP contribution in [0.4, 0.5) is 0 Å². The van der Waals surface area contributed by atoms with Gasteiger partial charge in [0, 0.05) is 12.6 Å². The second-order valence-corrected chi connectivity index (χ2v) is 5.59. The molecule has 1 fully saturated rings. The molecule has 0 aromatic heterocycles. The molecule has 2 rings (SSSR count). The number of likely N-dealkylation sites (tertiary alicyclic amines) is 1. The Hall–Kier alpha value is -0.860. The molecule has 1 unspecified atom stereocenters. The molecule has 0 saturated carbocycles. The first-order chi connectivity index (χ1) is 9.40. The first-order valence-corrected chi connectivity index (χ1v) is 7.91. The van der Waals surface area contributed by atoms with E-state index in [0.717, 1.165) is 13.1 Å². The summed E-state index contributed by atoms with van der Waals surface area (Å²) in [6.07, 6.45) is 6.99. The van der Waals surface area contributed by atoms with Crippen LogP contribution < -0.4 is 5.32 Å². The van der Waals surface area contributed by atoms with Crippen molar-refractivity contribution in [3.63, 3.8) is 0 Å². The molecule has 1 aromatic rings. The predicted molar refractivity (Wildman–Crippen MR) is 82.4 cm³/mol. The van der Waals surface area contributed by atoms with Gasteiger partial charge in [-0.2, -0.15) is 0 Å². The molecule has 0 bridgehead atoms. The molecule has 1 atom stereocenters. The molecular weight excluding hydrogens is 232 g/mol. The monoisotopic (exact) mass is 260 g/mol. The van der Waals surface area contributed by atoms with Crippen molar-refractivity contribution in [2.45, 2.75) is 45.1 Å². The summed E-state index contributed by atoms with van der Waals surface area (Å²) in [6, 6.07) is 11.4. The van der Waals surface area contributed by atoms with E-state index in [2.05, 4.69) is 47.5 Å². The van der Waals surface area contributed by atoms with Crippen molar-refractivity contribution in [3.05, 3.63) is 35.9 Å². The van der Waals surface area contributed by atoms with E-state index in [4.69, 9.17) is 0 Å². The molecule has 1 aliphatic heterocycles. The summed E-state index contributed by atoms with van der Waals surface area (Å²) < 4.78 is 0. The maximum atomic E-state index is 3.64. The Morgan fingerprint density at radius 1 is 1.00 bits per heavy atom. The van der Waals surface area contributed by atoms with Crippen molar-refractivity contribution in [1.29, 1.82) is 0 Å². The van der Waals surface area contributed by atoms with Crippen LogP contribution >= 0.6 is 0 Å². The smallest absolute Gasteiger partial charge is 0.0449 e. The largest absolute Gasteiger partial charge is 0.309 e. The van der Waals surface area contributed by atoms with Gasteiger partial charge in [0.15, 0.2) is 0 Å². The lowest BCUT2D eigenvalue weighted by molar-refractivity contribution is 0.222. The van der Waals surface area contributed by atoms with Gasteiger partial charge in [0.25, 0.3) is 0 Å². The molecule has 1 heterocycles. The molecule has 0 amide bonds. The molecule has 2 nitrogen and oxygen atoms in total. The van der Waals surface area contributed by atoms with E-state index >= 15 is 0 Å². The van der Waals surface area contributed by atoms with Crippen molar-refractivity contribution >= 4 is 0 Å². The predicted octanol–water partition coefficient (Wildman–Crippen LogP) is 3.60. The van der Waals surface area contributed by atoms with Gasteiger partial charge in [-0.1, -0.05) is 56.5 Å². The number of rotatable bonds is 5. The van der Waals surface area contributed by atoms with E-state index in [1.807, 2.05) is 0 Å². The molecule has 1 N–H and O–H groups in total. The summed E-state index contributed by atoms with van der Waals surface area (Å²) in [7, 11) is 0. The Morgan fingerprint density at radius 2 is 1.63 bits per heavy atom. The standard InChI is InChI=1S/C17H28N2/c1-2-18-17(16-11-7-6-8-12-16)15-19-13-9-4-3-5-10-14-19/h6-8,11-12,17-18H,2-5,9-10,13-15H2,1H3. The van der Waals surface area contributed by atoms with Gasteiger partial charge in [-0.3, -0.25) is 0 Å². The highest BCUT2D eigenvalue weighted by Crippen LogP contribution is 2.17. The lowest BCUT2D eigenvalue weighted by Crippen LogP contribution is -2.37. The van der Waals surface area contributed by atoms with Crippen molar-refractivity contribution in [2.24, 2.45) is 0 Å². The van der Waals surface area contributed by atoms with Crippen LogP contribution in [-0.4, -0.2) is 31.1 Å². The third-order valence-corrected chi connectivity index (χ3v) is 4.04. The van der Waals surface area contributed by atoms with Crippen LogP contribution in [0.2, 0.25) is 0 Å². The quantitative estimate of drug-likeness (QED) is 0.870. The topological polar surface area (TPSA) is 15.3 Å². The first kappa shape index (κ1) is 14.5. The van der Waals surface area contributed by atoms with Crippen molar-refractivity contribution < 1.29 is 0 Å². The van der Waals surface area contributed by atoms with E-state index in [1.165, 1.54) is 50.8 Å². The molecule has 0 radical (unpaired) electrons. The average molecular weight is 260 g/mol. The van der Waals surface area contributed by atoms with E-state index < -0.39 is 0 Å². The molecule has 19 heavy (non-hydrogen) atoms. The second kappa shape index (κ2) is 8.34. The van der Waals surface area contributed by atoms with Crippen LogP contribution in [0.25, 0.3) is 0 Å². The number of benzene rings is 1. The Kier molecular flexibility index (Phi) is 6.38. The third-order valence-electron chi connectivity index (χ3n) is 4.04. The molecule has 1 aliphatic rings. The van der Waals surface area contributed by atoms with Crippen molar-refractivity contribution in [2.75, 3.05) is 26.2 Å². The maximum Gasteiger partial charge on any atom is 0.0449 e. The lowest BCUT2D eigenvalue weighted by atomic mass is 10.0. The van der Waals surface area contributed by atoms with E-state index in [0.29, 0.717) is 6.04 Å². The zero-order chi connectivity index (χ0) is 13.3. The summed E-state index contributed by atoms with van der Waals surface area (Å²) in [4.78, 5) is 2.65. The van der Waals surface area contributed by atoms with Crippen LogP contribution in [0, 0.1) is 0 Å². The molecule has 0 spiro atoms. The highest BCUT2D eigenvalue weighted by molar-refractivity contribution is 5.19. The van der Waals surface area contributed by atoms with Gasteiger partial charge in [-0.05, 0) is 38.0 Å². The van der Waals surface area contributed by atoms with Gasteiger partial charge < -0.3 is 10.2 Å². The Morgan fingerprint density at radius 3 is 2.26 bits per heavy atom. The van der Waals surface area contributed by atoms with Crippen LogP contribution in [0.15, 0.2) is 30.3 Å². The van der Waals surface area contributed by atoms with Crippen LogP contribution in [0.1, 0.15) is 50.6 Å². The normalized spacial score (nSPS) is 19.6. The minimum absolute atomic E-state index is 0.477. The molecule has 1 saturated heterocycles. The van der Waals surface area contributed by atoms with E-state index in [-0.39, 0.29) is 0 Å². The number of nitrogens with zero attached hydrogens (tertiary/aromatic N) is 1. The number of likely N-dealkylation sites (N-methyl/N-ethyl adjacent to an activating group) is 1. The fourth-order valence-corrected chi connectivity index (χ4v) is 2.97. The minimum Gasteiger partial charge on any atom is -0.309 e. The first-order valence-electron chi connectivity index (χ1n) is 7.91. The maximum absolute atomic E-state index is 3.64. The van der Waals surface area contributed by atoms with Gasteiger partial charge in [0.1, 0.15) is 0 Å². The van der Waals surface area contributed by atoms with Gasteiger partial charge in [-0.25, -0.2) is 0 Å². The highest BCUT2D eigenvalue weighted by atomic mass is 15.1. The van der Waals surface area contributed by atoms with Crippen LogP contribution in [-0.2, 0) is 0 Å². The van der Waals surface area contributed by atoms with Gasteiger partial charge in [0.05, 0.1) is 0 Å².